The van der Waals surface area contributed by atoms with E-state index in [-0.39, 0.29) is 18.3 Å². The summed E-state index contributed by atoms with van der Waals surface area (Å²) in [5, 5.41) is 0.815. The molecule has 166 valence electrons. The van der Waals surface area contributed by atoms with Crippen LogP contribution < -0.4 is 4.90 Å². The fraction of sp³-hybridized carbons (Fsp3) is 0.417. The summed E-state index contributed by atoms with van der Waals surface area (Å²) in [4.78, 5) is 22.3. The highest BCUT2D eigenvalue weighted by Gasteiger charge is 2.20. The van der Waals surface area contributed by atoms with Gasteiger partial charge < -0.3 is 4.74 Å². The SMILES string of the molecule is Cc1ccc2nc(N(CCCN3CCOCC3)C(=O)CCc3ccccc3)sc2c1.Cl. The third-order valence-electron chi connectivity index (χ3n) is 5.49. The molecule has 2 aromatic carbocycles. The number of rotatable bonds is 8. The van der Waals surface area contributed by atoms with Gasteiger partial charge in [0.25, 0.3) is 0 Å². The number of carbonyl (C=O) groups is 1. The highest BCUT2D eigenvalue weighted by molar-refractivity contribution is 7.22. The van der Waals surface area contributed by atoms with Gasteiger partial charge in [-0.3, -0.25) is 14.6 Å². The lowest BCUT2D eigenvalue weighted by atomic mass is 10.1. The topological polar surface area (TPSA) is 45.7 Å². The van der Waals surface area contributed by atoms with E-state index < -0.39 is 0 Å². The first kappa shape index (κ1) is 23.7. The summed E-state index contributed by atoms with van der Waals surface area (Å²) in [6.45, 7) is 7.32. The number of halogens is 1. The molecular formula is C24H30ClN3O2S. The molecule has 1 aliphatic heterocycles. The number of thiazole rings is 1. The van der Waals surface area contributed by atoms with Gasteiger partial charge in [-0.05, 0) is 43.0 Å². The number of carbonyl (C=O) groups excluding carboxylic acids is 1. The summed E-state index contributed by atoms with van der Waals surface area (Å²) >= 11 is 1.62. The fourth-order valence-electron chi connectivity index (χ4n) is 3.77. The van der Waals surface area contributed by atoms with Gasteiger partial charge in [0.1, 0.15) is 0 Å². The van der Waals surface area contributed by atoms with Gasteiger partial charge in [-0.15, -0.1) is 12.4 Å². The molecule has 3 aromatic rings. The number of benzene rings is 2. The van der Waals surface area contributed by atoms with Crippen molar-refractivity contribution in [3.8, 4) is 0 Å². The van der Waals surface area contributed by atoms with Crippen molar-refractivity contribution in [3.63, 3.8) is 0 Å². The second-order valence-corrected chi connectivity index (χ2v) is 8.82. The maximum Gasteiger partial charge on any atom is 0.229 e. The maximum absolute atomic E-state index is 13.2. The predicted octanol–water partition coefficient (Wildman–Crippen LogP) is 4.71. The zero-order valence-electron chi connectivity index (χ0n) is 18.0. The number of hydrogen-bond donors (Lipinski definition) is 0. The quantitative estimate of drug-likeness (QED) is 0.489. The van der Waals surface area contributed by atoms with Crippen molar-refractivity contribution in [1.29, 1.82) is 0 Å². The number of fused-ring (bicyclic) bond motifs is 1. The van der Waals surface area contributed by atoms with Crippen molar-refractivity contribution < 1.29 is 9.53 Å². The van der Waals surface area contributed by atoms with Crippen molar-refractivity contribution in [1.82, 2.24) is 9.88 Å². The lowest BCUT2D eigenvalue weighted by Gasteiger charge is -2.27. The Bertz CT molecular complexity index is 973. The lowest BCUT2D eigenvalue weighted by molar-refractivity contribution is -0.118. The van der Waals surface area contributed by atoms with Gasteiger partial charge in [0.2, 0.25) is 5.91 Å². The Hall–Kier alpha value is -1.99. The molecular weight excluding hydrogens is 430 g/mol. The number of nitrogens with zero attached hydrogens (tertiary/aromatic N) is 3. The van der Waals surface area contributed by atoms with E-state index >= 15 is 0 Å². The van der Waals surface area contributed by atoms with Crippen molar-refractivity contribution in [2.75, 3.05) is 44.3 Å². The summed E-state index contributed by atoms with van der Waals surface area (Å²) in [6.07, 6.45) is 2.19. The fourth-order valence-corrected chi connectivity index (χ4v) is 4.88. The zero-order valence-corrected chi connectivity index (χ0v) is 19.6. The van der Waals surface area contributed by atoms with Crippen molar-refractivity contribution >= 4 is 45.0 Å². The Balaban J connectivity index is 0.00000272. The average molecular weight is 460 g/mol. The smallest absolute Gasteiger partial charge is 0.229 e. The molecule has 4 rings (SSSR count). The summed E-state index contributed by atoms with van der Waals surface area (Å²) < 4.78 is 6.58. The van der Waals surface area contributed by atoms with Crippen molar-refractivity contribution in [3.05, 3.63) is 59.7 Å². The molecule has 0 aliphatic carbocycles. The number of amides is 1. The van der Waals surface area contributed by atoms with Crippen LogP contribution >= 0.6 is 23.7 Å². The Morgan fingerprint density at radius 2 is 1.94 bits per heavy atom. The van der Waals surface area contributed by atoms with E-state index in [0.29, 0.717) is 13.0 Å². The Morgan fingerprint density at radius 1 is 1.16 bits per heavy atom. The molecule has 1 fully saturated rings. The minimum atomic E-state index is 0. The van der Waals surface area contributed by atoms with E-state index in [1.807, 2.05) is 29.2 Å². The second kappa shape index (κ2) is 11.6. The molecule has 0 spiro atoms. The zero-order chi connectivity index (χ0) is 20.8. The van der Waals surface area contributed by atoms with Gasteiger partial charge in [0.15, 0.2) is 5.13 Å². The molecule has 1 saturated heterocycles. The molecule has 0 radical (unpaired) electrons. The molecule has 5 nitrogen and oxygen atoms in total. The second-order valence-electron chi connectivity index (χ2n) is 7.81. The Kier molecular flexibility index (Phi) is 8.84. The van der Waals surface area contributed by atoms with Crippen LogP contribution in [-0.2, 0) is 16.0 Å². The van der Waals surface area contributed by atoms with Crippen molar-refractivity contribution in [2.45, 2.75) is 26.2 Å². The normalized spacial score (nSPS) is 14.4. The summed E-state index contributed by atoms with van der Waals surface area (Å²) in [5.41, 5.74) is 3.38. The van der Waals surface area contributed by atoms with Crippen LogP contribution in [0.25, 0.3) is 10.2 Å². The number of hydrogen-bond acceptors (Lipinski definition) is 5. The number of aryl methyl sites for hydroxylation is 2. The molecule has 31 heavy (non-hydrogen) atoms. The first-order valence-corrected chi connectivity index (χ1v) is 11.5. The summed E-state index contributed by atoms with van der Waals surface area (Å²) in [6, 6.07) is 16.5. The largest absolute Gasteiger partial charge is 0.379 e. The van der Waals surface area contributed by atoms with E-state index in [2.05, 4.69) is 36.1 Å². The van der Waals surface area contributed by atoms with E-state index in [0.717, 1.165) is 61.0 Å². The van der Waals surface area contributed by atoms with Gasteiger partial charge in [0, 0.05) is 32.6 Å². The Morgan fingerprint density at radius 3 is 2.71 bits per heavy atom. The van der Waals surface area contributed by atoms with Crippen molar-refractivity contribution in [2.24, 2.45) is 0 Å². The molecule has 1 aliphatic rings. The third kappa shape index (κ3) is 6.50. The average Bonchev–Trinajstić information content (AvgIpc) is 3.19. The monoisotopic (exact) mass is 459 g/mol. The number of morpholine rings is 1. The third-order valence-corrected chi connectivity index (χ3v) is 6.54. The van der Waals surface area contributed by atoms with Crippen LogP contribution in [0.5, 0.6) is 0 Å². The summed E-state index contributed by atoms with van der Waals surface area (Å²) in [5.74, 6) is 0.150. The predicted molar refractivity (Wildman–Crippen MR) is 131 cm³/mol. The minimum Gasteiger partial charge on any atom is -0.379 e. The molecule has 0 atom stereocenters. The van der Waals surface area contributed by atoms with Crippen LogP contribution in [0, 0.1) is 6.92 Å². The maximum atomic E-state index is 13.2. The first-order valence-electron chi connectivity index (χ1n) is 10.7. The molecule has 1 aromatic heterocycles. The van der Waals surface area contributed by atoms with Crippen LogP contribution in [0.2, 0.25) is 0 Å². The number of aromatic nitrogens is 1. The number of ether oxygens (including phenoxy) is 1. The highest BCUT2D eigenvalue weighted by atomic mass is 35.5. The molecule has 2 heterocycles. The molecule has 0 bridgehead atoms. The summed E-state index contributed by atoms with van der Waals surface area (Å²) in [7, 11) is 0. The van der Waals surface area contributed by atoms with E-state index in [4.69, 9.17) is 9.72 Å². The van der Waals surface area contributed by atoms with E-state index in [1.54, 1.807) is 11.3 Å². The van der Waals surface area contributed by atoms with Gasteiger partial charge >= 0.3 is 0 Å². The highest BCUT2D eigenvalue weighted by Crippen LogP contribution is 2.30. The molecule has 0 N–H and O–H groups in total. The van der Waals surface area contributed by atoms with Crippen LogP contribution in [0.15, 0.2) is 48.5 Å². The molecule has 7 heteroatoms. The molecule has 0 saturated carbocycles. The van der Waals surface area contributed by atoms with Crippen LogP contribution in [0.1, 0.15) is 24.0 Å². The van der Waals surface area contributed by atoms with Crippen LogP contribution in [0.4, 0.5) is 5.13 Å². The van der Waals surface area contributed by atoms with Crippen LogP contribution in [-0.4, -0.2) is 55.2 Å². The van der Waals surface area contributed by atoms with E-state index in [9.17, 15) is 4.79 Å². The molecule has 1 amide bonds. The number of anilines is 1. The first-order chi connectivity index (χ1) is 14.7. The molecule has 0 unspecified atom stereocenters. The van der Waals surface area contributed by atoms with Gasteiger partial charge in [-0.2, -0.15) is 0 Å². The van der Waals surface area contributed by atoms with Gasteiger partial charge in [0.05, 0.1) is 23.4 Å². The lowest BCUT2D eigenvalue weighted by Crippen LogP contribution is -2.39. The standard InChI is InChI=1S/C24H29N3O2S.ClH/c1-19-8-10-21-22(18-19)30-24(25-21)27(13-5-12-26-14-16-29-17-15-26)23(28)11-9-20-6-3-2-4-7-20;/h2-4,6-8,10,18H,5,9,11-17H2,1H3;1H. The van der Waals surface area contributed by atoms with Gasteiger partial charge in [-0.25, -0.2) is 4.98 Å². The Labute approximate surface area is 194 Å². The van der Waals surface area contributed by atoms with E-state index in [1.165, 1.54) is 11.1 Å². The van der Waals surface area contributed by atoms with Crippen LogP contribution in [0.3, 0.4) is 0 Å². The minimum absolute atomic E-state index is 0. The van der Waals surface area contributed by atoms with Gasteiger partial charge in [-0.1, -0.05) is 47.7 Å².